The average Bonchev–Trinajstić information content (AvgIpc) is 2.40. The van der Waals surface area contributed by atoms with Crippen LogP contribution in [-0.4, -0.2) is 5.71 Å². The Morgan fingerprint density at radius 2 is 1.84 bits per heavy atom. The van der Waals surface area contributed by atoms with Gasteiger partial charge in [0.25, 0.3) is 0 Å². The van der Waals surface area contributed by atoms with Gasteiger partial charge in [0.15, 0.2) is 5.75 Å². The smallest absolute Gasteiger partial charge is 0.158 e. The first-order valence-corrected chi connectivity index (χ1v) is 6.97. The Kier molecular flexibility index (Phi) is 4.61. The lowest BCUT2D eigenvalue weighted by molar-refractivity contribution is 0.341. The molecule has 0 aliphatic carbocycles. The summed E-state index contributed by atoms with van der Waals surface area (Å²) in [6.45, 7) is 3.92. The fourth-order valence-corrected chi connectivity index (χ4v) is 2.09. The molecule has 2 aromatic rings. The third kappa shape index (κ3) is 3.82. The average molecular weight is 339 g/mol. The van der Waals surface area contributed by atoms with Gasteiger partial charge in [-0.1, -0.05) is 38.8 Å². The zero-order valence-electron chi connectivity index (χ0n) is 10.7. The maximum atomic E-state index is 5.99. The zero-order valence-corrected chi connectivity index (χ0v) is 13.0. The van der Waals surface area contributed by atoms with Crippen molar-refractivity contribution in [2.24, 2.45) is 5.16 Å². The largest absolute Gasteiger partial charge is 0.357 e. The van der Waals surface area contributed by atoms with Crippen molar-refractivity contribution >= 4 is 33.2 Å². The van der Waals surface area contributed by atoms with E-state index in [2.05, 4.69) is 21.1 Å². The van der Waals surface area contributed by atoms with E-state index >= 15 is 0 Å². The van der Waals surface area contributed by atoms with E-state index in [4.69, 9.17) is 16.4 Å². The molecular weight excluding hydrogens is 326 g/mol. The first kappa shape index (κ1) is 14.1. The first-order chi connectivity index (χ1) is 9.06. The molecular formula is C15H13BrClNO. The zero-order chi connectivity index (χ0) is 13.8. The third-order valence-electron chi connectivity index (χ3n) is 2.69. The number of benzene rings is 2. The van der Waals surface area contributed by atoms with Gasteiger partial charge in [0.1, 0.15) is 0 Å². The second-order valence-corrected chi connectivity index (χ2v) is 5.53. The lowest BCUT2D eigenvalue weighted by Crippen LogP contribution is -2.00. The first-order valence-electron chi connectivity index (χ1n) is 5.80. The fraction of sp³-hybridized carbons (Fsp3) is 0.133. The molecule has 0 aliphatic rings. The molecule has 0 N–H and O–H groups in total. The standard InChI is InChI=1S/C15H13BrClNO/c1-10-3-6-13(17)9-15(10)11(2)18-19-14-7-4-12(16)5-8-14/h3-9H,1-2H3/b18-11+. The van der Waals surface area contributed by atoms with Gasteiger partial charge in [-0.2, -0.15) is 0 Å². The van der Waals surface area contributed by atoms with E-state index in [0.29, 0.717) is 10.8 Å². The molecule has 2 aromatic carbocycles. The van der Waals surface area contributed by atoms with Crippen molar-refractivity contribution in [3.8, 4) is 5.75 Å². The molecule has 0 atom stereocenters. The predicted octanol–water partition coefficient (Wildman–Crippen LogP) is 5.21. The highest BCUT2D eigenvalue weighted by Gasteiger charge is 2.04. The molecule has 0 aromatic heterocycles. The van der Waals surface area contributed by atoms with Crippen LogP contribution in [0.2, 0.25) is 5.02 Å². The summed E-state index contributed by atoms with van der Waals surface area (Å²) in [6.07, 6.45) is 0. The molecule has 4 heteroatoms. The molecule has 0 radical (unpaired) electrons. The van der Waals surface area contributed by atoms with Crippen LogP contribution in [0.5, 0.6) is 5.75 Å². The van der Waals surface area contributed by atoms with Crippen LogP contribution < -0.4 is 4.84 Å². The summed E-state index contributed by atoms with van der Waals surface area (Å²) in [5.74, 6) is 0.697. The summed E-state index contributed by atoms with van der Waals surface area (Å²) in [5, 5.41) is 4.83. The third-order valence-corrected chi connectivity index (χ3v) is 3.45. The van der Waals surface area contributed by atoms with Crippen LogP contribution in [-0.2, 0) is 0 Å². The molecule has 0 amide bonds. The molecule has 0 bridgehead atoms. The monoisotopic (exact) mass is 337 g/mol. The number of oxime groups is 1. The lowest BCUT2D eigenvalue weighted by atomic mass is 10.1. The van der Waals surface area contributed by atoms with Gasteiger partial charge in [0.2, 0.25) is 0 Å². The molecule has 0 spiro atoms. The van der Waals surface area contributed by atoms with Gasteiger partial charge in [-0.15, -0.1) is 0 Å². The summed E-state index contributed by atoms with van der Waals surface area (Å²) in [6, 6.07) is 13.2. The van der Waals surface area contributed by atoms with Crippen molar-refractivity contribution in [2.75, 3.05) is 0 Å². The molecule has 0 aliphatic heterocycles. The fourth-order valence-electron chi connectivity index (χ4n) is 1.65. The summed E-state index contributed by atoms with van der Waals surface area (Å²) in [5.41, 5.74) is 2.90. The maximum Gasteiger partial charge on any atom is 0.158 e. The number of hydrogen-bond donors (Lipinski definition) is 0. The van der Waals surface area contributed by atoms with Crippen molar-refractivity contribution in [1.82, 2.24) is 0 Å². The molecule has 0 saturated carbocycles. The van der Waals surface area contributed by atoms with E-state index < -0.39 is 0 Å². The van der Waals surface area contributed by atoms with E-state index in [1.807, 2.05) is 56.3 Å². The van der Waals surface area contributed by atoms with Gasteiger partial charge in [0.05, 0.1) is 5.71 Å². The summed E-state index contributed by atoms with van der Waals surface area (Å²) in [7, 11) is 0. The molecule has 19 heavy (non-hydrogen) atoms. The number of halogens is 2. The van der Waals surface area contributed by atoms with Gasteiger partial charge in [-0.3, -0.25) is 0 Å². The minimum Gasteiger partial charge on any atom is -0.357 e. The second-order valence-electron chi connectivity index (χ2n) is 4.18. The van der Waals surface area contributed by atoms with Crippen molar-refractivity contribution in [1.29, 1.82) is 0 Å². The van der Waals surface area contributed by atoms with Crippen LogP contribution in [0.15, 0.2) is 52.1 Å². The van der Waals surface area contributed by atoms with Crippen LogP contribution in [0, 0.1) is 6.92 Å². The summed E-state index contributed by atoms with van der Waals surface area (Å²) >= 11 is 9.37. The van der Waals surface area contributed by atoms with Crippen molar-refractivity contribution < 1.29 is 4.84 Å². The van der Waals surface area contributed by atoms with Crippen LogP contribution in [0.4, 0.5) is 0 Å². The number of rotatable bonds is 3. The van der Waals surface area contributed by atoms with E-state index in [1.54, 1.807) is 0 Å². The molecule has 0 heterocycles. The Balaban J connectivity index is 2.19. The van der Waals surface area contributed by atoms with Gasteiger partial charge in [-0.05, 0) is 55.8 Å². The van der Waals surface area contributed by atoms with Crippen LogP contribution >= 0.6 is 27.5 Å². The highest BCUT2D eigenvalue weighted by molar-refractivity contribution is 9.10. The van der Waals surface area contributed by atoms with Crippen LogP contribution in [0.25, 0.3) is 0 Å². The topological polar surface area (TPSA) is 21.6 Å². The Bertz CT molecular complexity index is 608. The SMILES string of the molecule is C/C(=N\Oc1ccc(Br)cc1)c1cc(Cl)ccc1C. The molecule has 0 saturated heterocycles. The number of nitrogens with zero attached hydrogens (tertiary/aromatic N) is 1. The van der Waals surface area contributed by atoms with E-state index in [-0.39, 0.29) is 0 Å². The van der Waals surface area contributed by atoms with E-state index in [1.165, 1.54) is 0 Å². The second kappa shape index (κ2) is 6.22. The van der Waals surface area contributed by atoms with Crippen molar-refractivity contribution in [2.45, 2.75) is 13.8 Å². The highest BCUT2D eigenvalue weighted by Crippen LogP contribution is 2.18. The lowest BCUT2D eigenvalue weighted by Gasteiger charge is -2.06. The van der Waals surface area contributed by atoms with Gasteiger partial charge < -0.3 is 4.84 Å². The predicted molar refractivity (Wildman–Crippen MR) is 83.2 cm³/mol. The molecule has 0 fully saturated rings. The maximum absolute atomic E-state index is 5.99. The number of hydrogen-bond acceptors (Lipinski definition) is 2. The number of aryl methyl sites for hydroxylation is 1. The molecule has 98 valence electrons. The summed E-state index contributed by atoms with van der Waals surface area (Å²) < 4.78 is 1.01. The molecule has 2 nitrogen and oxygen atoms in total. The van der Waals surface area contributed by atoms with Gasteiger partial charge in [-0.25, -0.2) is 0 Å². The van der Waals surface area contributed by atoms with Crippen LogP contribution in [0.3, 0.4) is 0 Å². The summed E-state index contributed by atoms with van der Waals surface area (Å²) in [4.78, 5) is 5.40. The van der Waals surface area contributed by atoms with Gasteiger partial charge in [0, 0.05) is 15.1 Å². The quantitative estimate of drug-likeness (QED) is 0.556. The van der Waals surface area contributed by atoms with E-state index in [9.17, 15) is 0 Å². The van der Waals surface area contributed by atoms with Gasteiger partial charge >= 0.3 is 0 Å². The minimum atomic E-state index is 0.693. The molecule has 2 rings (SSSR count). The van der Waals surface area contributed by atoms with E-state index in [0.717, 1.165) is 21.3 Å². The Labute approximate surface area is 126 Å². The normalized spacial score (nSPS) is 11.5. The van der Waals surface area contributed by atoms with Crippen LogP contribution in [0.1, 0.15) is 18.1 Å². The highest BCUT2D eigenvalue weighted by atomic mass is 79.9. The Morgan fingerprint density at radius 1 is 1.16 bits per heavy atom. The Morgan fingerprint density at radius 3 is 2.53 bits per heavy atom. The minimum absolute atomic E-state index is 0.693. The van der Waals surface area contributed by atoms with Crippen molar-refractivity contribution in [3.05, 3.63) is 63.1 Å². The Hall–Kier alpha value is -1.32. The van der Waals surface area contributed by atoms with Crippen molar-refractivity contribution in [3.63, 3.8) is 0 Å². The molecule has 0 unspecified atom stereocenters.